The average Bonchev–Trinajstić information content (AvgIpc) is 3.06. The van der Waals surface area contributed by atoms with Gasteiger partial charge in [-0.15, -0.1) is 5.10 Å². The number of nitrogens with one attached hydrogen (secondary N) is 1. The molecule has 7 heteroatoms. The zero-order valence-corrected chi connectivity index (χ0v) is 13.9. The Hall–Kier alpha value is -1.83. The van der Waals surface area contributed by atoms with E-state index in [1.54, 1.807) is 0 Å². The van der Waals surface area contributed by atoms with Gasteiger partial charge in [-0.2, -0.15) is 0 Å². The predicted octanol–water partition coefficient (Wildman–Crippen LogP) is 1.58. The second-order valence-electron chi connectivity index (χ2n) is 5.53. The molecule has 1 amide bonds. The lowest BCUT2D eigenvalue weighted by atomic mass is 10.1. The fourth-order valence-corrected chi connectivity index (χ4v) is 3.14. The fourth-order valence-electron chi connectivity index (χ4n) is 2.47. The van der Waals surface area contributed by atoms with Crippen LogP contribution in [-0.2, 0) is 4.74 Å². The molecule has 1 fully saturated rings. The first kappa shape index (κ1) is 16.0. The van der Waals surface area contributed by atoms with Gasteiger partial charge in [0.15, 0.2) is 5.69 Å². The van der Waals surface area contributed by atoms with Crippen LogP contribution in [0, 0.1) is 6.92 Å². The first-order chi connectivity index (χ1) is 11.2. The van der Waals surface area contributed by atoms with Crippen LogP contribution in [0.15, 0.2) is 24.3 Å². The maximum atomic E-state index is 12.4. The molecule has 0 bridgehead atoms. The number of rotatable bonds is 5. The molecule has 0 unspecified atom stereocenters. The molecule has 3 rings (SSSR count). The van der Waals surface area contributed by atoms with Crippen molar-refractivity contribution < 1.29 is 9.53 Å². The van der Waals surface area contributed by atoms with Gasteiger partial charge in [0.05, 0.1) is 18.1 Å². The van der Waals surface area contributed by atoms with Gasteiger partial charge in [0, 0.05) is 26.2 Å². The molecular formula is C16H20N4O2S. The van der Waals surface area contributed by atoms with Crippen molar-refractivity contribution in [2.45, 2.75) is 6.92 Å². The van der Waals surface area contributed by atoms with Gasteiger partial charge in [-0.3, -0.25) is 9.69 Å². The molecule has 1 N–H and O–H groups in total. The highest BCUT2D eigenvalue weighted by Gasteiger charge is 2.18. The van der Waals surface area contributed by atoms with E-state index in [2.05, 4.69) is 19.8 Å². The van der Waals surface area contributed by atoms with Crippen molar-refractivity contribution in [1.29, 1.82) is 0 Å². The molecule has 2 heterocycles. The largest absolute Gasteiger partial charge is 0.379 e. The van der Waals surface area contributed by atoms with Gasteiger partial charge in [-0.25, -0.2) is 0 Å². The van der Waals surface area contributed by atoms with E-state index in [1.165, 1.54) is 17.1 Å². The molecule has 2 aromatic rings. The summed E-state index contributed by atoms with van der Waals surface area (Å²) in [5.41, 5.74) is 2.56. The molecule has 6 nitrogen and oxygen atoms in total. The molecular weight excluding hydrogens is 312 g/mol. The minimum Gasteiger partial charge on any atom is -0.379 e. The molecule has 1 aliphatic rings. The van der Waals surface area contributed by atoms with E-state index in [0.717, 1.165) is 43.3 Å². The normalized spacial score (nSPS) is 15.5. The summed E-state index contributed by atoms with van der Waals surface area (Å²) in [4.78, 5) is 15.5. The van der Waals surface area contributed by atoms with Crippen molar-refractivity contribution in [3.63, 3.8) is 0 Å². The smallest absolute Gasteiger partial charge is 0.273 e. The third kappa shape index (κ3) is 4.13. The summed E-state index contributed by atoms with van der Waals surface area (Å²) in [5.74, 6) is -0.164. The second kappa shape index (κ2) is 7.63. The Labute approximate surface area is 139 Å². The highest BCUT2D eigenvalue weighted by Crippen LogP contribution is 2.26. The van der Waals surface area contributed by atoms with Crippen LogP contribution in [0.5, 0.6) is 0 Å². The molecule has 0 saturated carbocycles. The van der Waals surface area contributed by atoms with Crippen LogP contribution in [0.1, 0.15) is 16.1 Å². The average molecular weight is 332 g/mol. The molecule has 1 aromatic carbocycles. The van der Waals surface area contributed by atoms with Gasteiger partial charge >= 0.3 is 0 Å². The van der Waals surface area contributed by atoms with E-state index in [-0.39, 0.29) is 5.91 Å². The molecule has 1 aromatic heterocycles. The van der Waals surface area contributed by atoms with Crippen molar-refractivity contribution in [1.82, 2.24) is 19.8 Å². The van der Waals surface area contributed by atoms with Crippen LogP contribution in [0.4, 0.5) is 0 Å². The van der Waals surface area contributed by atoms with Gasteiger partial charge in [0.1, 0.15) is 0 Å². The van der Waals surface area contributed by atoms with Crippen LogP contribution in [-0.4, -0.2) is 59.8 Å². The van der Waals surface area contributed by atoms with Crippen LogP contribution >= 0.6 is 11.5 Å². The van der Waals surface area contributed by atoms with Crippen LogP contribution in [0.3, 0.4) is 0 Å². The SMILES string of the molecule is Cc1ccc(-c2snnc2C(=O)NCCN2CCOCC2)cc1. The maximum absolute atomic E-state index is 12.4. The standard InChI is InChI=1S/C16H20N4O2S/c1-12-2-4-13(5-3-12)15-14(18-19-23-15)16(21)17-6-7-20-8-10-22-11-9-20/h2-5H,6-11H2,1H3,(H,17,21). The summed E-state index contributed by atoms with van der Waals surface area (Å²) < 4.78 is 9.26. The first-order valence-corrected chi connectivity index (χ1v) is 8.49. The number of benzene rings is 1. The maximum Gasteiger partial charge on any atom is 0.273 e. The Kier molecular flexibility index (Phi) is 5.32. The van der Waals surface area contributed by atoms with Gasteiger partial charge < -0.3 is 10.1 Å². The van der Waals surface area contributed by atoms with Gasteiger partial charge in [-0.1, -0.05) is 34.3 Å². The number of aromatic nitrogens is 2. The summed E-state index contributed by atoms with van der Waals surface area (Å²) >= 11 is 1.25. The Morgan fingerprint density at radius 2 is 2.04 bits per heavy atom. The van der Waals surface area contributed by atoms with Gasteiger partial charge in [0.2, 0.25) is 0 Å². The van der Waals surface area contributed by atoms with Crippen molar-refractivity contribution in [3.8, 4) is 10.4 Å². The topological polar surface area (TPSA) is 67.4 Å². The molecule has 0 spiro atoms. The van der Waals surface area contributed by atoms with Gasteiger partial charge in [-0.05, 0) is 24.0 Å². The lowest BCUT2D eigenvalue weighted by Crippen LogP contribution is -2.41. The minimum atomic E-state index is -0.164. The zero-order valence-electron chi connectivity index (χ0n) is 13.1. The molecule has 0 atom stereocenters. The van der Waals surface area contributed by atoms with E-state index < -0.39 is 0 Å². The molecule has 0 aliphatic carbocycles. The predicted molar refractivity (Wildman–Crippen MR) is 89.7 cm³/mol. The number of amides is 1. The van der Waals surface area contributed by atoms with Gasteiger partial charge in [0.25, 0.3) is 5.91 Å². The Morgan fingerprint density at radius 3 is 2.78 bits per heavy atom. The third-order valence-electron chi connectivity index (χ3n) is 3.83. The summed E-state index contributed by atoms with van der Waals surface area (Å²) in [7, 11) is 0. The summed E-state index contributed by atoms with van der Waals surface area (Å²) in [6, 6.07) is 8.04. The number of nitrogens with zero attached hydrogens (tertiary/aromatic N) is 3. The monoisotopic (exact) mass is 332 g/mol. The number of carbonyl (C=O) groups is 1. The van der Waals surface area contributed by atoms with E-state index in [1.807, 2.05) is 31.2 Å². The fraction of sp³-hybridized carbons (Fsp3) is 0.438. The third-order valence-corrected chi connectivity index (χ3v) is 4.61. The molecule has 1 saturated heterocycles. The highest BCUT2D eigenvalue weighted by atomic mass is 32.1. The number of aryl methyl sites for hydroxylation is 1. The van der Waals surface area contributed by atoms with Crippen molar-refractivity contribution in [2.24, 2.45) is 0 Å². The number of hydrogen-bond acceptors (Lipinski definition) is 6. The molecule has 122 valence electrons. The van der Waals surface area contributed by atoms with Crippen molar-refractivity contribution in [2.75, 3.05) is 39.4 Å². The quantitative estimate of drug-likeness (QED) is 0.900. The Morgan fingerprint density at radius 1 is 1.30 bits per heavy atom. The molecule has 0 radical (unpaired) electrons. The summed E-state index contributed by atoms with van der Waals surface area (Å²) in [6.07, 6.45) is 0. The van der Waals surface area contributed by atoms with E-state index in [0.29, 0.717) is 12.2 Å². The highest BCUT2D eigenvalue weighted by molar-refractivity contribution is 7.09. The number of carbonyl (C=O) groups excluding carboxylic acids is 1. The van der Waals surface area contributed by atoms with Crippen LogP contribution < -0.4 is 5.32 Å². The summed E-state index contributed by atoms with van der Waals surface area (Å²) in [5, 5.41) is 6.94. The van der Waals surface area contributed by atoms with Crippen LogP contribution in [0.2, 0.25) is 0 Å². The lowest BCUT2D eigenvalue weighted by Gasteiger charge is -2.26. The number of morpholine rings is 1. The van der Waals surface area contributed by atoms with Crippen molar-refractivity contribution >= 4 is 17.4 Å². The zero-order chi connectivity index (χ0) is 16.1. The molecule has 23 heavy (non-hydrogen) atoms. The lowest BCUT2D eigenvalue weighted by molar-refractivity contribution is 0.0383. The second-order valence-corrected chi connectivity index (χ2v) is 6.28. The van der Waals surface area contributed by atoms with E-state index in [4.69, 9.17) is 4.74 Å². The number of hydrogen-bond donors (Lipinski definition) is 1. The Balaban J connectivity index is 1.59. The first-order valence-electron chi connectivity index (χ1n) is 7.72. The Bertz CT molecular complexity index is 650. The van der Waals surface area contributed by atoms with Crippen LogP contribution in [0.25, 0.3) is 10.4 Å². The van der Waals surface area contributed by atoms with E-state index in [9.17, 15) is 4.79 Å². The van der Waals surface area contributed by atoms with E-state index >= 15 is 0 Å². The molecule has 1 aliphatic heterocycles. The van der Waals surface area contributed by atoms with Crippen molar-refractivity contribution in [3.05, 3.63) is 35.5 Å². The minimum absolute atomic E-state index is 0.164. The number of ether oxygens (including phenoxy) is 1. The summed E-state index contributed by atoms with van der Waals surface area (Å²) in [6.45, 7) is 6.83.